The van der Waals surface area contributed by atoms with Crippen molar-refractivity contribution in [3.63, 3.8) is 0 Å². The molecule has 0 nitrogen and oxygen atoms in total. The van der Waals surface area contributed by atoms with Crippen LogP contribution in [0.25, 0.3) is 0 Å². The summed E-state index contributed by atoms with van der Waals surface area (Å²) in [5.74, 6) is 4.53. The van der Waals surface area contributed by atoms with Crippen LogP contribution in [0.15, 0.2) is 0 Å². The Balaban J connectivity index is 2.45. The predicted octanol–water partition coefficient (Wildman–Crippen LogP) is 4.99. The van der Waals surface area contributed by atoms with Crippen molar-refractivity contribution >= 4 is 16.4 Å². The second-order valence-corrected chi connectivity index (χ2v) is 7.20. The summed E-state index contributed by atoms with van der Waals surface area (Å²) in [4.78, 5) is 0. The van der Waals surface area contributed by atoms with Gasteiger partial charge in [0.1, 0.15) is 0 Å². The Morgan fingerprint density at radius 1 is 1.07 bits per heavy atom. The first-order valence-electron chi connectivity index (χ1n) is 6.81. The topological polar surface area (TPSA) is 0 Å². The lowest BCUT2D eigenvalue weighted by Gasteiger charge is -2.30. The molecule has 0 spiro atoms. The molecule has 1 aliphatic rings. The van der Waals surface area contributed by atoms with Crippen molar-refractivity contribution in [3.8, 4) is 0 Å². The highest BCUT2D eigenvalue weighted by molar-refractivity contribution is 8.15. The largest absolute Gasteiger partial charge is 0.187 e. The number of hydrogen-bond donors (Lipinski definition) is 0. The van der Waals surface area contributed by atoms with Gasteiger partial charge in [0, 0.05) is 0 Å². The van der Waals surface area contributed by atoms with Crippen molar-refractivity contribution in [2.75, 3.05) is 0 Å². The van der Waals surface area contributed by atoms with E-state index in [0.717, 1.165) is 10.5 Å². The van der Waals surface area contributed by atoms with Gasteiger partial charge in [0.25, 0.3) is 0 Å². The molecule has 0 aliphatic heterocycles. The smallest absolute Gasteiger partial charge is 0.000535 e. The molecule has 15 heavy (non-hydrogen) atoms. The molecule has 0 aromatic carbocycles. The zero-order valence-electron chi connectivity index (χ0n) is 10.6. The number of hydrogen-bond acceptors (Lipinski definition) is 0. The average Bonchev–Trinajstić information content (AvgIpc) is 2.29. The van der Waals surface area contributed by atoms with Crippen LogP contribution in [0.1, 0.15) is 71.6 Å². The molecule has 0 bridgehead atoms. The van der Waals surface area contributed by atoms with Gasteiger partial charge in [0.15, 0.2) is 0 Å². The SMILES string of the molecule is C=S(C(CCC)CCC)C1CCCCC1. The third-order valence-electron chi connectivity index (χ3n) is 3.63. The van der Waals surface area contributed by atoms with Gasteiger partial charge in [-0.25, -0.2) is 0 Å². The van der Waals surface area contributed by atoms with E-state index in [1.165, 1.54) is 57.8 Å². The highest BCUT2D eigenvalue weighted by Crippen LogP contribution is 2.38. The normalized spacial score (nSPS) is 20.7. The predicted molar refractivity (Wildman–Crippen MR) is 75.2 cm³/mol. The fraction of sp³-hybridized carbons (Fsp3) is 0.929. The second-order valence-electron chi connectivity index (χ2n) is 4.93. The first kappa shape index (κ1) is 13.3. The van der Waals surface area contributed by atoms with Crippen molar-refractivity contribution in [1.82, 2.24) is 0 Å². The van der Waals surface area contributed by atoms with Crippen molar-refractivity contribution in [2.45, 2.75) is 82.1 Å². The summed E-state index contributed by atoms with van der Waals surface area (Å²) in [5, 5.41) is 1.91. The van der Waals surface area contributed by atoms with Crippen molar-refractivity contribution < 1.29 is 0 Å². The van der Waals surface area contributed by atoms with E-state index < -0.39 is 0 Å². The highest BCUT2D eigenvalue weighted by Gasteiger charge is 2.20. The van der Waals surface area contributed by atoms with Crippen LogP contribution >= 0.6 is 10.5 Å². The maximum atomic E-state index is 4.53. The fourth-order valence-electron chi connectivity index (χ4n) is 2.73. The van der Waals surface area contributed by atoms with Crippen LogP contribution in [0, 0.1) is 0 Å². The molecule has 0 aromatic rings. The standard InChI is InChI=1S/C14H28S/c1-4-9-13(10-5-2)15(3)14-11-7-6-8-12-14/h13-14H,3-12H2,1-2H3. The summed E-state index contributed by atoms with van der Waals surface area (Å²) in [6.07, 6.45) is 12.9. The van der Waals surface area contributed by atoms with Gasteiger partial charge in [0.05, 0.1) is 0 Å². The van der Waals surface area contributed by atoms with Gasteiger partial charge in [-0.15, -0.1) is 0 Å². The minimum atomic E-state index is 0.456. The van der Waals surface area contributed by atoms with Crippen LogP contribution in [0.5, 0.6) is 0 Å². The summed E-state index contributed by atoms with van der Waals surface area (Å²) in [6, 6.07) is 0. The van der Waals surface area contributed by atoms with Crippen LogP contribution < -0.4 is 0 Å². The summed E-state index contributed by atoms with van der Waals surface area (Å²) in [6.45, 7) is 4.64. The van der Waals surface area contributed by atoms with Gasteiger partial charge in [-0.1, -0.05) is 51.8 Å². The molecule has 1 saturated carbocycles. The summed E-state index contributed by atoms with van der Waals surface area (Å²) in [7, 11) is 0.456. The van der Waals surface area contributed by atoms with Crippen LogP contribution in [-0.4, -0.2) is 16.4 Å². The highest BCUT2D eigenvalue weighted by atomic mass is 32.2. The minimum Gasteiger partial charge on any atom is -0.187 e. The zero-order chi connectivity index (χ0) is 11.1. The lowest BCUT2D eigenvalue weighted by atomic mass is 10.0. The molecule has 90 valence electrons. The third kappa shape index (κ3) is 4.30. The molecule has 0 amide bonds. The molecule has 0 radical (unpaired) electrons. The first-order chi connectivity index (χ1) is 7.29. The van der Waals surface area contributed by atoms with Crippen LogP contribution in [0.4, 0.5) is 0 Å². The molecular weight excluding hydrogens is 200 g/mol. The maximum absolute atomic E-state index is 4.53. The Labute approximate surface area is 98.8 Å². The molecule has 0 saturated heterocycles. The maximum Gasteiger partial charge on any atom is -0.000535 e. The lowest BCUT2D eigenvalue weighted by Crippen LogP contribution is -2.17. The molecule has 0 heterocycles. The lowest BCUT2D eigenvalue weighted by molar-refractivity contribution is 0.512. The third-order valence-corrected chi connectivity index (χ3v) is 6.29. The van der Waals surface area contributed by atoms with Gasteiger partial charge in [-0.2, -0.15) is 10.5 Å². The Bertz CT molecular complexity index is 174. The summed E-state index contributed by atoms with van der Waals surface area (Å²) in [5.41, 5.74) is 0. The molecule has 0 aromatic heterocycles. The molecule has 1 heteroatoms. The van der Waals surface area contributed by atoms with Crippen LogP contribution in [0.2, 0.25) is 0 Å². The van der Waals surface area contributed by atoms with Gasteiger partial charge in [-0.05, 0) is 36.2 Å². The quantitative estimate of drug-likeness (QED) is 0.562. The molecular formula is C14H28S. The Kier molecular flexibility index (Phi) is 6.63. The van der Waals surface area contributed by atoms with E-state index in [0.29, 0.717) is 10.5 Å². The zero-order valence-corrected chi connectivity index (χ0v) is 11.5. The van der Waals surface area contributed by atoms with Crippen molar-refractivity contribution in [3.05, 3.63) is 0 Å². The molecule has 1 unspecified atom stereocenters. The molecule has 0 N–H and O–H groups in total. The van der Waals surface area contributed by atoms with E-state index in [4.69, 9.17) is 0 Å². The van der Waals surface area contributed by atoms with Gasteiger partial charge in [-0.3, -0.25) is 0 Å². The van der Waals surface area contributed by atoms with E-state index in [1.54, 1.807) is 0 Å². The van der Waals surface area contributed by atoms with E-state index in [1.807, 2.05) is 0 Å². The molecule has 1 fully saturated rings. The first-order valence-corrected chi connectivity index (χ1v) is 8.33. The van der Waals surface area contributed by atoms with Gasteiger partial charge >= 0.3 is 0 Å². The monoisotopic (exact) mass is 228 g/mol. The summed E-state index contributed by atoms with van der Waals surface area (Å²) >= 11 is 0. The molecule has 1 aliphatic carbocycles. The van der Waals surface area contributed by atoms with Gasteiger partial charge in [0.2, 0.25) is 0 Å². The van der Waals surface area contributed by atoms with Crippen molar-refractivity contribution in [2.24, 2.45) is 0 Å². The number of rotatable bonds is 6. The van der Waals surface area contributed by atoms with E-state index in [9.17, 15) is 0 Å². The Morgan fingerprint density at radius 2 is 1.60 bits per heavy atom. The van der Waals surface area contributed by atoms with Crippen LogP contribution in [0.3, 0.4) is 0 Å². The Morgan fingerprint density at radius 3 is 2.07 bits per heavy atom. The fourth-order valence-corrected chi connectivity index (χ4v) is 5.29. The van der Waals surface area contributed by atoms with Gasteiger partial charge < -0.3 is 0 Å². The summed E-state index contributed by atoms with van der Waals surface area (Å²) < 4.78 is 0. The van der Waals surface area contributed by atoms with Crippen LogP contribution in [-0.2, 0) is 0 Å². The average molecular weight is 228 g/mol. The second kappa shape index (κ2) is 7.49. The molecule has 1 atom stereocenters. The minimum absolute atomic E-state index is 0.456. The van der Waals surface area contributed by atoms with E-state index >= 15 is 0 Å². The van der Waals surface area contributed by atoms with E-state index in [2.05, 4.69) is 19.7 Å². The van der Waals surface area contributed by atoms with Crippen molar-refractivity contribution in [1.29, 1.82) is 0 Å². The van der Waals surface area contributed by atoms with E-state index in [-0.39, 0.29) is 0 Å². The Hall–Kier alpha value is 0.220. The molecule has 1 rings (SSSR count).